The van der Waals surface area contributed by atoms with Gasteiger partial charge in [0.1, 0.15) is 5.76 Å². The number of carbonyl (C=O) groups excluding carboxylic acids is 1. The third kappa shape index (κ3) is 2.84. The van der Waals surface area contributed by atoms with E-state index < -0.39 is 11.4 Å². The van der Waals surface area contributed by atoms with E-state index in [2.05, 4.69) is 10.5 Å². The topological polar surface area (TPSA) is 92.4 Å². The van der Waals surface area contributed by atoms with Crippen LogP contribution in [-0.2, 0) is 16.0 Å². The van der Waals surface area contributed by atoms with E-state index in [1.54, 1.807) is 0 Å². The average Bonchev–Trinajstić information content (AvgIpc) is 2.65. The van der Waals surface area contributed by atoms with E-state index in [0.717, 1.165) is 23.4 Å². The number of nitrogens with zero attached hydrogens (tertiary/aromatic N) is 1. The highest BCUT2D eigenvalue weighted by Crippen LogP contribution is 2.44. The lowest BCUT2D eigenvalue weighted by Gasteiger charge is -2.36. The molecule has 0 unspecified atom stereocenters. The normalized spacial score (nSPS) is 16.5. The first kappa shape index (κ1) is 14.6. The second-order valence-corrected chi connectivity index (χ2v) is 5.52. The number of carbonyl (C=O) groups is 2. The Balaban J connectivity index is 1.80. The zero-order valence-corrected chi connectivity index (χ0v) is 11.9. The molecule has 0 radical (unpaired) electrons. The second-order valence-electron chi connectivity index (χ2n) is 5.52. The molecule has 1 amide bonds. The zero-order valence-electron chi connectivity index (χ0n) is 11.9. The first-order chi connectivity index (χ1) is 9.44. The van der Waals surface area contributed by atoms with Crippen LogP contribution < -0.4 is 5.32 Å². The highest BCUT2D eigenvalue weighted by Gasteiger charge is 2.45. The van der Waals surface area contributed by atoms with E-state index in [-0.39, 0.29) is 12.3 Å². The Bertz CT molecular complexity index is 498. The number of hydrogen-bond acceptors (Lipinski definition) is 4. The number of nitrogens with one attached hydrogen (secondary N) is 1. The van der Waals surface area contributed by atoms with Crippen LogP contribution in [0.25, 0.3) is 0 Å². The molecule has 6 heteroatoms. The summed E-state index contributed by atoms with van der Waals surface area (Å²) in [6, 6.07) is 0. The van der Waals surface area contributed by atoms with E-state index in [0.29, 0.717) is 25.8 Å². The Morgan fingerprint density at radius 3 is 2.55 bits per heavy atom. The summed E-state index contributed by atoms with van der Waals surface area (Å²) in [5.74, 6) is -0.291. The number of aromatic nitrogens is 1. The van der Waals surface area contributed by atoms with E-state index in [1.165, 1.54) is 0 Å². The SMILES string of the molecule is Cc1noc(C)c1CCNC(=O)CC1(C(=O)O)CCC1. The molecule has 2 rings (SSSR count). The number of carboxylic acids is 1. The highest BCUT2D eigenvalue weighted by molar-refractivity contribution is 5.85. The van der Waals surface area contributed by atoms with Gasteiger partial charge in [0.25, 0.3) is 0 Å². The van der Waals surface area contributed by atoms with E-state index >= 15 is 0 Å². The molecule has 1 aliphatic carbocycles. The summed E-state index contributed by atoms with van der Waals surface area (Å²) in [6.45, 7) is 4.17. The smallest absolute Gasteiger partial charge is 0.310 e. The first-order valence-corrected chi connectivity index (χ1v) is 6.86. The number of amides is 1. The van der Waals surface area contributed by atoms with Crippen molar-refractivity contribution >= 4 is 11.9 Å². The lowest BCUT2D eigenvalue weighted by atomic mass is 9.66. The van der Waals surface area contributed by atoms with Crippen molar-refractivity contribution < 1.29 is 19.2 Å². The van der Waals surface area contributed by atoms with Gasteiger partial charge in [0.15, 0.2) is 0 Å². The van der Waals surface area contributed by atoms with E-state index in [9.17, 15) is 14.7 Å². The van der Waals surface area contributed by atoms with Crippen LogP contribution >= 0.6 is 0 Å². The fourth-order valence-corrected chi connectivity index (χ4v) is 2.63. The third-order valence-electron chi connectivity index (χ3n) is 4.14. The molecule has 1 heterocycles. The van der Waals surface area contributed by atoms with Crippen LogP contribution in [0.3, 0.4) is 0 Å². The van der Waals surface area contributed by atoms with Gasteiger partial charge in [-0.15, -0.1) is 0 Å². The minimum atomic E-state index is -0.857. The Morgan fingerprint density at radius 2 is 2.10 bits per heavy atom. The van der Waals surface area contributed by atoms with Crippen molar-refractivity contribution in [1.29, 1.82) is 0 Å². The first-order valence-electron chi connectivity index (χ1n) is 6.86. The van der Waals surface area contributed by atoms with Gasteiger partial charge < -0.3 is 14.9 Å². The molecule has 1 aliphatic rings. The fraction of sp³-hybridized carbons (Fsp3) is 0.643. The summed E-state index contributed by atoms with van der Waals surface area (Å²) < 4.78 is 5.05. The summed E-state index contributed by atoms with van der Waals surface area (Å²) in [5, 5.41) is 15.8. The van der Waals surface area contributed by atoms with Gasteiger partial charge in [-0.25, -0.2) is 0 Å². The van der Waals surface area contributed by atoms with Crippen molar-refractivity contribution in [3.63, 3.8) is 0 Å². The largest absolute Gasteiger partial charge is 0.481 e. The van der Waals surface area contributed by atoms with Crippen molar-refractivity contribution in [2.24, 2.45) is 5.41 Å². The lowest BCUT2D eigenvalue weighted by molar-refractivity contribution is -0.157. The van der Waals surface area contributed by atoms with Crippen LogP contribution in [0.15, 0.2) is 4.52 Å². The van der Waals surface area contributed by atoms with Crippen LogP contribution in [0.2, 0.25) is 0 Å². The van der Waals surface area contributed by atoms with Crippen molar-refractivity contribution in [3.8, 4) is 0 Å². The van der Waals surface area contributed by atoms with Gasteiger partial charge in [-0.1, -0.05) is 11.6 Å². The Kier molecular flexibility index (Phi) is 4.11. The molecule has 0 spiro atoms. The molecule has 0 aromatic carbocycles. The number of carboxylic acid groups (broad SMARTS) is 1. The van der Waals surface area contributed by atoms with Crippen LogP contribution in [0, 0.1) is 19.3 Å². The molecule has 0 aliphatic heterocycles. The molecular formula is C14H20N2O4. The molecule has 110 valence electrons. The second kappa shape index (κ2) is 5.64. The molecule has 1 aromatic heterocycles. The maximum absolute atomic E-state index is 11.8. The quantitative estimate of drug-likeness (QED) is 0.825. The van der Waals surface area contributed by atoms with Crippen LogP contribution in [0.1, 0.15) is 42.7 Å². The minimum absolute atomic E-state index is 0.0733. The summed E-state index contributed by atoms with van der Waals surface area (Å²) in [7, 11) is 0. The minimum Gasteiger partial charge on any atom is -0.481 e. The van der Waals surface area contributed by atoms with Crippen LogP contribution in [0.5, 0.6) is 0 Å². The maximum atomic E-state index is 11.8. The van der Waals surface area contributed by atoms with E-state index in [4.69, 9.17) is 4.52 Å². The van der Waals surface area contributed by atoms with Gasteiger partial charge >= 0.3 is 5.97 Å². The predicted molar refractivity (Wildman–Crippen MR) is 71.2 cm³/mol. The van der Waals surface area contributed by atoms with Gasteiger partial charge in [-0.3, -0.25) is 9.59 Å². The molecule has 6 nitrogen and oxygen atoms in total. The summed E-state index contributed by atoms with van der Waals surface area (Å²) >= 11 is 0. The fourth-order valence-electron chi connectivity index (χ4n) is 2.63. The van der Waals surface area contributed by atoms with Crippen LogP contribution in [0.4, 0.5) is 0 Å². The van der Waals surface area contributed by atoms with Crippen molar-refractivity contribution in [3.05, 3.63) is 17.0 Å². The molecule has 0 saturated heterocycles. The Hall–Kier alpha value is -1.85. The van der Waals surface area contributed by atoms with Crippen molar-refractivity contribution in [2.75, 3.05) is 6.54 Å². The Labute approximate surface area is 117 Å². The Morgan fingerprint density at radius 1 is 1.40 bits per heavy atom. The van der Waals surface area contributed by atoms with Gasteiger partial charge in [0.05, 0.1) is 11.1 Å². The van der Waals surface area contributed by atoms with Crippen molar-refractivity contribution in [2.45, 2.75) is 46.0 Å². The number of aliphatic carboxylic acids is 1. The molecule has 2 N–H and O–H groups in total. The number of rotatable bonds is 6. The molecule has 1 saturated carbocycles. The van der Waals surface area contributed by atoms with Crippen LogP contribution in [-0.4, -0.2) is 28.7 Å². The van der Waals surface area contributed by atoms with Gasteiger partial charge in [-0.2, -0.15) is 0 Å². The summed E-state index contributed by atoms with van der Waals surface area (Å²) in [6.07, 6.45) is 2.80. The standard InChI is InChI=1S/C14H20N2O4/c1-9-11(10(2)20-16-9)4-7-15-12(17)8-14(13(18)19)5-3-6-14/h3-8H2,1-2H3,(H,15,17)(H,18,19). The van der Waals surface area contributed by atoms with Gasteiger partial charge in [0.2, 0.25) is 5.91 Å². The third-order valence-corrected chi connectivity index (χ3v) is 4.14. The summed E-state index contributed by atoms with van der Waals surface area (Å²) in [5.41, 5.74) is 1.01. The highest BCUT2D eigenvalue weighted by atomic mass is 16.5. The molecule has 1 fully saturated rings. The lowest BCUT2D eigenvalue weighted by Crippen LogP contribution is -2.42. The predicted octanol–water partition coefficient (Wildman–Crippen LogP) is 1.60. The molecule has 0 bridgehead atoms. The monoisotopic (exact) mass is 280 g/mol. The molecular weight excluding hydrogens is 260 g/mol. The zero-order chi connectivity index (χ0) is 14.8. The average molecular weight is 280 g/mol. The summed E-state index contributed by atoms with van der Waals surface area (Å²) in [4.78, 5) is 23.0. The number of aryl methyl sites for hydroxylation is 2. The molecule has 20 heavy (non-hydrogen) atoms. The van der Waals surface area contributed by atoms with Gasteiger partial charge in [0, 0.05) is 18.5 Å². The number of hydrogen-bond donors (Lipinski definition) is 2. The molecule has 1 aromatic rings. The maximum Gasteiger partial charge on any atom is 0.310 e. The molecule has 0 atom stereocenters. The van der Waals surface area contributed by atoms with Crippen molar-refractivity contribution in [1.82, 2.24) is 10.5 Å². The van der Waals surface area contributed by atoms with E-state index in [1.807, 2.05) is 13.8 Å². The van der Waals surface area contributed by atoms with Gasteiger partial charge in [-0.05, 0) is 33.1 Å².